The molecule has 1 spiro atoms. The number of benzene rings is 1. The molecule has 150 valence electrons. The summed E-state index contributed by atoms with van der Waals surface area (Å²) in [4.78, 5) is 16.2. The molecule has 1 aromatic carbocycles. The zero-order valence-corrected chi connectivity index (χ0v) is 17.2. The Hall–Kier alpha value is -1.73. The van der Waals surface area contributed by atoms with Crippen molar-refractivity contribution >= 4 is 17.2 Å². The third-order valence-electron chi connectivity index (χ3n) is 5.53. The van der Waals surface area contributed by atoms with Gasteiger partial charge in [0.05, 0.1) is 19.3 Å². The molecule has 2 atom stereocenters. The maximum absolute atomic E-state index is 12.4. The smallest absolute Gasteiger partial charge is 0.251 e. The minimum absolute atomic E-state index is 0.0408. The molecule has 1 amide bonds. The zero-order chi connectivity index (χ0) is 19.4. The van der Waals surface area contributed by atoms with Gasteiger partial charge in [0, 0.05) is 36.6 Å². The fourth-order valence-corrected chi connectivity index (χ4v) is 4.76. The first kappa shape index (κ1) is 19.6. The molecule has 1 N–H and O–H groups in total. The molecule has 2 aromatic rings. The molecule has 2 aliphatic heterocycles. The number of amides is 1. The third kappa shape index (κ3) is 4.81. The van der Waals surface area contributed by atoms with E-state index >= 15 is 0 Å². The second-order valence-corrected chi connectivity index (χ2v) is 8.91. The van der Waals surface area contributed by atoms with Gasteiger partial charge >= 0.3 is 0 Å². The van der Waals surface area contributed by atoms with E-state index in [1.807, 2.05) is 31.2 Å². The van der Waals surface area contributed by atoms with E-state index in [1.54, 1.807) is 11.3 Å². The Morgan fingerprint density at radius 3 is 2.96 bits per heavy atom. The predicted octanol–water partition coefficient (Wildman–Crippen LogP) is 3.24. The minimum Gasteiger partial charge on any atom is -0.377 e. The maximum Gasteiger partial charge on any atom is 0.251 e. The number of nitrogens with zero attached hydrogens (tertiary/aromatic N) is 1. The zero-order valence-electron chi connectivity index (χ0n) is 16.4. The Balaban J connectivity index is 1.31. The number of hydrogen-bond donors (Lipinski definition) is 1. The summed E-state index contributed by atoms with van der Waals surface area (Å²) in [5.41, 5.74) is 1.59. The van der Waals surface area contributed by atoms with Crippen LogP contribution in [-0.2, 0) is 16.0 Å². The van der Waals surface area contributed by atoms with E-state index in [2.05, 4.69) is 27.7 Å². The average molecular weight is 401 g/mol. The molecule has 2 fully saturated rings. The lowest BCUT2D eigenvalue weighted by Crippen LogP contribution is -2.45. The van der Waals surface area contributed by atoms with E-state index in [0.29, 0.717) is 18.7 Å². The van der Waals surface area contributed by atoms with E-state index in [4.69, 9.17) is 9.47 Å². The van der Waals surface area contributed by atoms with Crippen molar-refractivity contribution in [2.45, 2.75) is 38.0 Å². The van der Waals surface area contributed by atoms with Crippen LogP contribution in [0.15, 0.2) is 41.8 Å². The van der Waals surface area contributed by atoms with Gasteiger partial charge in [-0.3, -0.25) is 9.69 Å². The number of carbonyl (C=O) groups excluding carboxylic acids is 1. The number of aryl methyl sites for hydroxylation is 1. The second kappa shape index (κ2) is 8.74. The number of nitrogens with one attached hydrogen (secondary N) is 1. The van der Waals surface area contributed by atoms with Crippen LogP contribution in [0.4, 0.5) is 0 Å². The van der Waals surface area contributed by atoms with Crippen LogP contribution >= 0.6 is 11.3 Å². The van der Waals surface area contributed by atoms with Crippen molar-refractivity contribution < 1.29 is 14.3 Å². The van der Waals surface area contributed by atoms with Crippen molar-refractivity contribution in [3.8, 4) is 0 Å². The Bertz CT molecular complexity index is 778. The van der Waals surface area contributed by atoms with Crippen molar-refractivity contribution in [1.82, 2.24) is 10.2 Å². The first-order valence-electron chi connectivity index (χ1n) is 9.97. The van der Waals surface area contributed by atoms with Crippen LogP contribution in [0.25, 0.3) is 0 Å². The molecule has 28 heavy (non-hydrogen) atoms. The van der Waals surface area contributed by atoms with Gasteiger partial charge in [-0.1, -0.05) is 23.8 Å². The van der Waals surface area contributed by atoms with Crippen molar-refractivity contribution in [2.75, 3.05) is 32.8 Å². The largest absolute Gasteiger partial charge is 0.377 e. The third-order valence-corrected chi connectivity index (χ3v) is 6.39. The molecule has 0 saturated carbocycles. The number of ether oxygens (including phenoxy) is 2. The van der Waals surface area contributed by atoms with Gasteiger partial charge in [0.25, 0.3) is 5.91 Å². The molecule has 3 heterocycles. The second-order valence-electron chi connectivity index (χ2n) is 7.88. The molecule has 0 radical (unpaired) electrons. The summed E-state index contributed by atoms with van der Waals surface area (Å²) >= 11 is 1.79. The molecule has 2 saturated heterocycles. The molecule has 6 heteroatoms. The van der Waals surface area contributed by atoms with Crippen molar-refractivity contribution in [1.29, 1.82) is 0 Å². The molecule has 0 aliphatic carbocycles. The maximum atomic E-state index is 12.4. The number of rotatable bonds is 5. The average Bonchev–Trinajstić information content (AvgIpc) is 3.29. The summed E-state index contributed by atoms with van der Waals surface area (Å²) in [6.07, 6.45) is 1.96. The first-order valence-corrected chi connectivity index (χ1v) is 10.9. The van der Waals surface area contributed by atoms with Crippen LogP contribution in [0.1, 0.15) is 33.6 Å². The number of thiophene rings is 1. The number of hydrogen-bond acceptors (Lipinski definition) is 5. The Morgan fingerprint density at radius 2 is 2.18 bits per heavy atom. The van der Waals surface area contributed by atoms with Crippen LogP contribution in [0.2, 0.25) is 0 Å². The van der Waals surface area contributed by atoms with Crippen molar-refractivity contribution in [3.05, 3.63) is 57.8 Å². The summed E-state index contributed by atoms with van der Waals surface area (Å²) in [6, 6.07) is 11.9. The van der Waals surface area contributed by atoms with Crippen molar-refractivity contribution in [3.63, 3.8) is 0 Å². The van der Waals surface area contributed by atoms with Gasteiger partial charge in [0.15, 0.2) is 0 Å². The van der Waals surface area contributed by atoms with E-state index in [-0.39, 0.29) is 17.6 Å². The highest BCUT2D eigenvalue weighted by Gasteiger charge is 2.43. The summed E-state index contributed by atoms with van der Waals surface area (Å²) in [7, 11) is 0. The molecule has 5 nitrogen and oxygen atoms in total. The predicted molar refractivity (Wildman–Crippen MR) is 111 cm³/mol. The van der Waals surface area contributed by atoms with Gasteiger partial charge < -0.3 is 14.8 Å². The Kier molecular flexibility index (Phi) is 6.11. The summed E-state index contributed by atoms with van der Waals surface area (Å²) in [5, 5.41) is 5.15. The van der Waals surface area contributed by atoms with E-state index in [9.17, 15) is 4.79 Å². The normalized spacial score (nSPS) is 25.7. The van der Waals surface area contributed by atoms with Gasteiger partial charge in [-0.15, -0.1) is 11.3 Å². The molecule has 1 aromatic heterocycles. The van der Waals surface area contributed by atoms with Gasteiger partial charge in [0.1, 0.15) is 5.60 Å². The highest BCUT2D eigenvalue weighted by atomic mass is 32.1. The van der Waals surface area contributed by atoms with Crippen molar-refractivity contribution in [2.24, 2.45) is 0 Å². The lowest BCUT2D eigenvalue weighted by molar-refractivity contribution is -0.0848. The van der Waals surface area contributed by atoms with E-state index in [1.165, 1.54) is 4.88 Å². The number of carbonyl (C=O) groups is 1. The highest BCUT2D eigenvalue weighted by Crippen LogP contribution is 2.33. The van der Waals surface area contributed by atoms with Gasteiger partial charge in [-0.25, -0.2) is 0 Å². The topological polar surface area (TPSA) is 50.8 Å². The summed E-state index contributed by atoms with van der Waals surface area (Å²) < 4.78 is 12.3. The minimum atomic E-state index is -0.257. The van der Waals surface area contributed by atoms with Crippen LogP contribution in [0.5, 0.6) is 0 Å². The van der Waals surface area contributed by atoms with Crippen LogP contribution in [0, 0.1) is 6.92 Å². The van der Waals surface area contributed by atoms with Gasteiger partial charge in [-0.05, 0) is 43.3 Å². The van der Waals surface area contributed by atoms with Crippen LogP contribution in [-0.4, -0.2) is 55.4 Å². The quantitative estimate of drug-likeness (QED) is 0.837. The molecule has 0 bridgehead atoms. The van der Waals surface area contributed by atoms with Crippen LogP contribution in [0.3, 0.4) is 0 Å². The SMILES string of the molecule is Cc1ccc(C(=O)NC[C@@H]2CC[C@@]3(COCCN(Cc4cccs4)C3)O2)cc1. The standard InChI is InChI=1S/C22H28N2O3S/c1-17-4-6-18(7-5-17)21(25)23-13-19-8-9-22(27-19)15-24(10-11-26-16-22)14-20-3-2-12-28-20/h2-7,12,19H,8-11,13-16H2,1H3,(H,23,25)/t19-,22+/m0/s1. The Morgan fingerprint density at radius 1 is 1.32 bits per heavy atom. The molecule has 2 aliphatic rings. The fraction of sp³-hybridized carbons (Fsp3) is 0.500. The molecular formula is C22H28N2O3S. The van der Waals surface area contributed by atoms with Gasteiger partial charge in [0.2, 0.25) is 0 Å². The molecule has 4 rings (SSSR count). The fourth-order valence-electron chi connectivity index (χ4n) is 4.02. The van der Waals surface area contributed by atoms with E-state index in [0.717, 1.165) is 44.6 Å². The summed E-state index contributed by atoms with van der Waals surface area (Å²) in [6.45, 7) is 6.69. The monoisotopic (exact) mass is 400 g/mol. The summed E-state index contributed by atoms with van der Waals surface area (Å²) in [5.74, 6) is -0.0408. The lowest BCUT2D eigenvalue weighted by Gasteiger charge is -2.31. The van der Waals surface area contributed by atoms with E-state index < -0.39 is 0 Å². The molecule has 0 unspecified atom stereocenters. The lowest BCUT2D eigenvalue weighted by atomic mass is 10.00. The highest BCUT2D eigenvalue weighted by molar-refractivity contribution is 7.09. The van der Waals surface area contributed by atoms with Crippen LogP contribution < -0.4 is 5.32 Å². The molecular weight excluding hydrogens is 372 g/mol. The first-order chi connectivity index (χ1) is 13.6. The Labute approximate surface area is 170 Å². The van der Waals surface area contributed by atoms with Gasteiger partial charge in [-0.2, -0.15) is 0 Å².